The van der Waals surface area contributed by atoms with Gasteiger partial charge in [0.1, 0.15) is 5.82 Å². The number of anilines is 1. The van der Waals surface area contributed by atoms with Gasteiger partial charge >= 0.3 is 0 Å². The Hall–Kier alpha value is -3.67. The highest BCUT2D eigenvalue weighted by Gasteiger charge is 2.26. The number of hydrogen-bond acceptors (Lipinski definition) is 3. The zero-order chi connectivity index (χ0) is 30.1. The smallest absolute Gasteiger partial charge is 0.222 e. The average Bonchev–Trinajstić information content (AvgIpc) is 3.28. The number of benzene rings is 1. The predicted octanol–water partition coefficient (Wildman–Crippen LogP) is 8.59. The molecule has 1 aliphatic rings. The summed E-state index contributed by atoms with van der Waals surface area (Å²) in [5.74, 6) is 0.687. The van der Waals surface area contributed by atoms with Gasteiger partial charge in [-0.25, -0.2) is 9.37 Å². The summed E-state index contributed by atoms with van der Waals surface area (Å²) in [4.78, 5) is 16.4. The fourth-order valence-corrected chi connectivity index (χ4v) is 4.54. The zero-order valence-corrected chi connectivity index (χ0v) is 25.5. The Morgan fingerprint density at radius 1 is 1.23 bits per heavy atom. The summed E-state index contributed by atoms with van der Waals surface area (Å²) < 4.78 is 13.2. The Bertz CT molecular complexity index is 1240. The van der Waals surface area contributed by atoms with E-state index in [0.717, 1.165) is 43.4 Å². The molecule has 5 nitrogen and oxygen atoms in total. The second-order valence-electron chi connectivity index (χ2n) is 9.51. The van der Waals surface area contributed by atoms with E-state index in [0.29, 0.717) is 12.1 Å². The maximum Gasteiger partial charge on any atom is 0.222 e. The van der Waals surface area contributed by atoms with Crippen LogP contribution in [0.25, 0.3) is 22.0 Å². The van der Waals surface area contributed by atoms with Crippen molar-refractivity contribution in [2.75, 3.05) is 5.73 Å². The number of nitrogen functional groups attached to an aromatic ring is 1. The van der Waals surface area contributed by atoms with Crippen molar-refractivity contribution in [2.24, 2.45) is 5.92 Å². The summed E-state index contributed by atoms with van der Waals surface area (Å²) in [6.07, 6.45) is 13.1. The van der Waals surface area contributed by atoms with Gasteiger partial charge in [0.05, 0.1) is 6.33 Å². The first-order valence-electron chi connectivity index (χ1n) is 14.5. The molecule has 6 heteroatoms. The number of hydrogen-bond donors (Lipinski definition) is 2. The number of aromatic nitrogens is 2. The number of allylic oxidation sites excluding steroid dienone is 4. The number of amides is 1. The molecule has 0 aliphatic heterocycles. The highest BCUT2D eigenvalue weighted by atomic mass is 19.1. The molecule has 1 amide bonds. The van der Waals surface area contributed by atoms with E-state index in [1.165, 1.54) is 34.3 Å². The number of carbonyl (C=O) groups is 1. The van der Waals surface area contributed by atoms with Crippen molar-refractivity contribution in [1.82, 2.24) is 14.9 Å². The van der Waals surface area contributed by atoms with Crippen molar-refractivity contribution in [3.8, 4) is 11.1 Å². The van der Waals surface area contributed by atoms with E-state index in [4.69, 9.17) is 5.73 Å². The van der Waals surface area contributed by atoms with Crippen LogP contribution in [0.4, 0.5) is 10.2 Å². The second-order valence-corrected chi connectivity index (χ2v) is 9.51. The molecule has 4 rings (SSSR count). The molecule has 0 spiro atoms. The van der Waals surface area contributed by atoms with Gasteiger partial charge in [0.2, 0.25) is 5.91 Å². The van der Waals surface area contributed by atoms with Crippen LogP contribution in [-0.4, -0.2) is 21.5 Å². The summed E-state index contributed by atoms with van der Waals surface area (Å²) >= 11 is 0. The van der Waals surface area contributed by atoms with Crippen LogP contribution in [0.5, 0.6) is 0 Å². The fraction of sp³-hybridized carbons (Fsp3) is 0.412. The molecule has 0 saturated carbocycles. The normalized spacial score (nSPS) is 14.0. The van der Waals surface area contributed by atoms with Crippen LogP contribution in [0.2, 0.25) is 0 Å². The van der Waals surface area contributed by atoms with Crippen LogP contribution in [0.15, 0.2) is 73.7 Å². The summed E-state index contributed by atoms with van der Waals surface area (Å²) in [5.41, 5.74) is 12.0. The number of nitrogens with zero attached hydrogens (tertiary/aromatic N) is 2. The van der Waals surface area contributed by atoms with Gasteiger partial charge in [0.25, 0.3) is 0 Å². The highest BCUT2D eigenvalue weighted by Crippen LogP contribution is 2.35. The zero-order valence-electron chi connectivity index (χ0n) is 25.5. The minimum absolute atomic E-state index is 0.0167. The summed E-state index contributed by atoms with van der Waals surface area (Å²) in [6, 6.07) is 10.7. The quantitative estimate of drug-likeness (QED) is 0.239. The van der Waals surface area contributed by atoms with Crippen LogP contribution in [0, 0.1) is 5.92 Å². The third kappa shape index (κ3) is 9.82. The van der Waals surface area contributed by atoms with Gasteiger partial charge in [-0.15, -0.1) is 0 Å². The topological polar surface area (TPSA) is 72.9 Å². The monoisotopic (exact) mass is 548 g/mol. The molecule has 3 N–H and O–H groups in total. The number of carbonyl (C=O) groups excluding carboxylic acids is 1. The van der Waals surface area contributed by atoms with Gasteiger partial charge in [-0.3, -0.25) is 4.79 Å². The molecule has 1 atom stereocenters. The van der Waals surface area contributed by atoms with Gasteiger partial charge in [0, 0.05) is 46.9 Å². The lowest BCUT2D eigenvalue weighted by atomic mass is 9.90. The van der Waals surface area contributed by atoms with Gasteiger partial charge in [0.15, 0.2) is 0 Å². The maximum atomic E-state index is 12.2. The third-order valence-corrected chi connectivity index (χ3v) is 6.45. The van der Waals surface area contributed by atoms with E-state index in [1.807, 2.05) is 52.9 Å². The van der Waals surface area contributed by atoms with E-state index in [9.17, 15) is 9.18 Å². The number of nitrogens with one attached hydrogen (secondary N) is 1. The molecular formula is C34H49FN4O. The second kappa shape index (κ2) is 18.6. The number of pyridine rings is 1. The van der Waals surface area contributed by atoms with E-state index < -0.39 is 0 Å². The Labute approximate surface area is 241 Å². The van der Waals surface area contributed by atoms with Crippen LogP contribution in [-0.2, 0) is 24.2 Å². The largest absolute Gasteiger partial charge is 0.384 e. The lowest BCUT2D eigenvalue weighted by molar-refractivity contribution is -0.124. The molecule has 1 aromatic carbocycles. The molecule has 3 aromatic rings. The van der Waals surface area contributed by atoms with E-state index >= 15 is 0 Å². The summed E-state index contributed by atoms with van der Waals surface area (Å²) in [7, 11) is 0. The minimum atomic E-state index is 0.0167. The highest BCUT2D eigenvalue weighted by molar-refractivity contribution is 5.90. The Morgan fingerprint density at radius 2 is 1.93 bits per heavy atom. The lowest BCUT2D eigenvalue weighted by Gasteiger charge is -2.25. The van der Waals surface area contributed by atoms with Crippen molar-refractivity contribution >= 4 is 22.6 Å². The SMILES string of the molecule is C/C=C\CC.C=C/C=C/F.CC.CCn1c2c(c3cc(-c4ccc(N)nc4)ccc31)CC(NC(=O)C(C)C)CC2. The molecule has 0 fully saturated rings. The van der Waals surface area contributed by atoms with E-state index in [1.54, 1.807) is 0 Å². The minimum Gasteiger partial charge on any atom is -0.384 e. The third-order valence-electron chi connectivity index (χ3n) is 6.45. The Kier molecular flexibility index (Phi) is 16.0. The number of nitrogens with two attached hydrogens (primary N) is 1. The van der Waals surface area contributed by atoms with Crippen molar-refractivity contribution in [3.63, 3.8) is 0 Å². The van der Waals surface area contributed by atoms with Gasteiger partial charge in [-0.2, -0.15) is 0 Å². The number of halogens is 1. The molecule has 0 saturated heterocycles. The van der Waals surface area contributed by atoms with Gasteiger partial charge in [-0.1, -0.05) is 65.5 Å². The standard InChI is InChI=1S/C23H28N4O.C5H10.C4H5F.C2H6/c1-4-27-20-8-5-15(16-6-10-22(24)25-13-16)11-18(20)19-12-17(7-9-21(19)27)26-23(28)14(2)3;1-3-5-4-2;1-2-3-4-5;1-2/h5-6,8,10-11,13-14,17H,4,7,9,12H2,1-3H3,(H2,24,25)(H,26,28);3,5H,4H2,1-2H3;2-4H,1H2;1-2H3/b;5-3-;4-3+;. The Balaban J connectivity index is 0.000000568. The van der Waals surface area contributed by atoms with Crippen molar-refractivity contribution in [3.05, 3.63) is 85.0 Å². The Morgan fingerprint density at radius 3 is 2.40 bits per heavy atom. The van der Waals surface area contributed by atoms with Crippen LogP contribution in [0.3, 0.4) is 0 Å². The molecular weight excluding hydrogens is 499 g/mol. The first-order chi connectivity index (χ1) is 19.3. The number of fused-ring (bicyclic) bond motifs is 3. The maximum absolute atomic E-state index is 12.2. The summed E-state index contributed by atoms with van der Waals surface area (Å²) in [5, 5.41) is 4.52. The number of rotatable bonds is 6. The van der Waals surface area contributed by atoms with Crippen LogP contribution < -0.4 is 11.1 Å². The van der Waals surface area contributed by atoms with Crippen molar-refractivity contribution in [2.45, 2.75) is 86.7 Å². The lowest BCUT2D eigenvalue weighted by Crippen LogP contribution is -2.40. The van der Waals surface area contributed by atoms with Crippen LogP contribution >= 0.6 is 0 Å². The predicted molar refractivity (Wildman–Crippen MR) is 171 cm³/mol. The molecule has 1 unspecified atom stereocenters. The molecule has 218 valence electrons. The van der Waals surface area contributed by atoms with Gasteiger partial charge in [-0.05, 0) is 81.0 Å². The fourth-order valence-electron chi connectivity index (χ4n) is 4.54. The molecule has 0 bridgehead atoms. The average molecular weight is 549 g/mol. The van der Waals surface area contributed by atoms with Crippen molar-refractivity contribution in [1.29, 1.82) is 0 Å². The van der Waals surface area contributed by atoms with Crippen molar-refractivity contribution < 1.29 is 9.18 Å². The number of aryl methyl sites for hydroxylation is 1. The van der Waals surface area contributed by atoms with Crippen LogP contribution in [0.1, 0.15) is 72.6 Å². The molecule has 2 aromatic heterocycles. The van der Waals surface area contributed by atoms with E-state index in [2.05, 4.69) is 65.6 Å². The van der Waals surface area contributed by atoms with Gasteiger partial charge < -0.3 is 15.6 Å². The molecule has 0 radical (unpaired) electrons. The molecule has 2 heterocycles. The first-order valence-corrected chi connectivity index (χ1v) is 14.5. The first kappa shape index (κ1) is 34.4. The molecule has 1 aliphatic carbocycles. The summed E-state index contributed by atoms with van der Waals surface area (Å²) in [6.45, 7) is 18.4. The van der Waals surface area contributed by atoms with E-state index in [-0.39, 0.29) is 17.9 Å². The molecule has 40 heavy (non-hydrogen) atoms.